The fraction of sp³-hybridized carbons (Fsp3) is 0.222. The SMILES string of the molecule is Nc1ccc(NCCC=O)cc1. The molecule has 0 heterocycles. The van der Waals surface area contributed by atoms with Gasteiger partial charge < -0.3 is 15.8 Å². The normalized spacial score (nSPS) is 9.33. The maximum Gasteiger partial charge on any atom is 0.121 e. The maximum atomic E-state index is 9.99. The second-order valence-electron chi connectivity index (χ2n) is 2.50. The van der Waals surface area contributed by atoms with Crippen LogP contribution in [0.2, 0.25) is 0 Å². The Kier molecular flexibility index (Phi) is 3.14. The molecule has 0 aliphatic carbocycles. The summed E-state index contributed by atoms with van der Waals surface area (Å²) in [7, 11) is 0. The van der Waals surface area contributed by atoms with E-state index in [2.05, 4.69) is 5.32 Å². The van der Waals surface area contributed by atoms with E-state index in [-0.39, 0.29) is 0 Å². The number of nitrogens with one attached hydrogen (secondary N) is 1. The van der Waals surface area contributed by atoms with Crippen molar-refractivity contribution in [3.05, 3.63) is 24.3 Å². The molecule has 12 heavy (non-hydrogen) atoms. The number of hydrogen-bond donors (Lipinski definition) is 2. The Balaban J connectivity index is 2.42. The monoisotopic (exact) mass is 164 g/mol. The molecule has 0 aliphatic heterocycles. The molecule has 0 aromatic heterocycles. The van der Waals surface area contributed by atoms with E-state index in [1.807, 2.05) is 24.3 Å². The van der Waals surface area contributed by atoms with E-state index in [4.69, 9.17) is 5.73 Å². The Labute approximate surface area is 71.6 Å². The smallest absolute Gasteiger partial charge is 0.121 e. The molecule has 0 aliphatic rings. The summed E-state index contributed by atoms with van der Waals surface area (Å²) in [5, 5.41) is 3.09. The van der Waals surface area contributed by atoms with Crippen molar-refractivity contribution in [3.8, 4) is 0 Å². The molecular weight excluding hydrogens is 152 g/mol. The highest BCUT2D eigenvalue weighted by Gasteiger charge is 1.89. The lowest BCUT2D eigenvalue weighted by molar-refractivity contribution is -0.107. The van der Waals surface area contributed by atoms with Gasteiger partial charge in [-0.2, -0.15) is 0 Å². The number of nitrogens with two attached hydrogens (primary N) is 1. The molecule has 0 fully saturated rings. The topological polar surface area (TPSA) is 55.1 Å². The summed E-state index contributed by atoms with van der Waals surface area (Å²) in [6.07, 6.45) is 1.43. The third-order valence-electron chi connectivity index (χ3n) is 1.50. The van der Waals surface area contributed by atoms with Crippen LogP contribution in [0.15, 0.2) is 24.3 Å². The Morgan fingerprint density at radius 1 is 1.33 bits per heavy atom. The third kappa shape index (κ3) is 2.62. The number of aldehydes is 1. The fourth-order valence-electron chi connectivity index (χ4n) is 0.876. The molecule has 0 bridgehead atoms. The van der Waals surface area contributed by atoms with Crippen molar-refractivity contribution in [2.75, 3.05) is 17.6 Å². The van der Waals surface area contributed by atoms with Crippen LogP contribution in [0.3, 0.4) is 0 Å². The summed E-state index contributed by atoms with van der Waals surface area (Å²) in [6, 6.07) is 7.42. The Hall–Kier alpha value is -1.51. The highest BCUT2D eigenvalue weighted by Crippen LogP contribution is 2.09. The fourth-order valence-corrected chi connectivity index (χ4v) is 0.876. The van der Waals surface area contributed by atoms with Crippen LogP contribution >= 0.6 is 0 Å². The van der Waals surface area contributed by atoms with Crippen molar-refractivity contribution >= 4 is 17.7 Å². The number of carbonyl (C=O) groups excluding carboxylic acids is 1. The second-order valence-corrected chi connectivity index (χ2v) is 2.50. The predicted molar refractivity (Wildman–Crippen MR) is 50.0 cm³/mol. The molecule has 0 saturated carbocycles. The van der Waals surface area contributed by atoms with Gasteiger partial charge in [0.2, 0.25) is 0 Å². The molecule has 1 aromatic rings. The summed E-state index contributed by atoms with van der Waals surface area (Å²) in [4.78, 5) is 9.99. The quantitative estimate of drug-likeness (QED) is 0.400. The molecule has 1 rings (SSSR count). The van der Waals surface area contributed by atoms with Gasteiger partial charge in [0, 0.05) is 24.3 Å². The Bertz CT molecular complexity index is 243. The van der Waals surface area contributed by atoms with Crippen molar-refractivity contribution in [1.29, 1.82) is 0 Å². The van der Waals surface area contributed by atoms with Gasteiger partial charge >= 0.3 is 0 Å². The number of rotatable bonds is 4. The molecule has 3 heteroatoms. The van der Waals surface area contributed by atoms with Gasteiger partial charge in [-0.15, -0.1) is 0 Å². The first-order valence-electron chi connectivity index (χ1n) is 3.86. The Morgan fingerprint density at radius 2 is 2.00 bits per heavy atom. The van der Waals surface area contributed by atoms with Gasteiger partial charge in [-0.3, -0.25) is 0 Å². The molecule has 3 nitrogen and oxygen atoms in total. The highest BCUT2D eigenvalue weighted by molar-refractivity contribution is 5.53. The van der Waals surface area contributed by atoms with Gasteiger partial charge in [0.05, 0.1) is 0 Å². The van der Waals surface area contributed by atoms with E-state index in [0.717, 1.165) is 17.7 Å². The van der Waals surface area contributed by atoms with Gasteiger partial charge in [0.15, 0.2) is 0 Å². The highest BCUT2D eigenvalue weighted by atomic mass is 16.1. The van der Waals surface area contributed by atoms with Crippen LogP contribution in [0.5, 0.6) is 0 Å². The molecule has 0 amide bonds. The predicted octanol–water partition coefficient (Wildman–Crippen LogP) is 1.27. The zero-order valence-electron chi connectivity index (χ0n) is 6.79. The molecule has 3 N–H and O–H groups in total. The van der Waals surface area contributed by atoms with Crippen molar-refractivity contribution in [1.82, 2.24) is 0 Å². The van der Waals surface area contributed by atoms with E-state index in [0.29, 0.717) is 13.0 Å². The van der Waals surface area contributed by atoms with Crippen molar-refractivity contribution < 1.29 is 4.79 Å². The molecular formula is C9H12N2O. The lowest BCUT2D eigenvalue weighted by Crippen LogP contribution is -2.01. The average Bonchev–Trinajstić information content (AvgIpc) is 2.09. The van der Waals surface area contributed by atoms with Crippen molar-refractivity contribution in [2.45, 2.75) is 6.42 Å². The number of nitrogen functional groups attached to an aromatic ring is 1. The van der Waals surface area contributed by atoms with Crippen molar-refractivity contribution in [2.24, 2.45) is 0 Å². The number of benzene rings is 1. The van der Waals surface area contributed by atoms with Gasteiger partial charge in [0.25, 0.3) is 0 Å². The van der Waals surface area contributed by atoms with E-state index in [1.165, 1.54) is 0 Å². The molecule has 0 unspecified atom stereocenters. The second kappa shape index (κ2) is 4.38. The lowest BCUT2D eigenvalue weighted by atomic mass is 10.3. The molecule has 64 valence electrons. The lowest BCUT2D eigenvalue weighted by Gasteiger charge is -2.03. The molecule has 1 aromatic carbocycles. The van der Waals surface area contributed by atoms with Crippen molar-refractivity contribution in [3.63, 3.8) is 0 Å². The summed E-state index contributed by atoms with van der Waals surface area (Å²) in [5.74, 6) is 0. The number of hydrogen-bond acceptors (Lipinski definition) is 3. The zero-order valence-corrected chi connectivity index (χ0v) is 6.79. The van der Waals surface area contributed by atoms with E-state index in [1.54, 1.807) is 0 Å². The van der Waals surface area contributed by atoms with Crippen LogP contribution in [-0.4, -0.2) is 12.8 Å². The van der Waals surface area contributed by atoms with Crippen LogP contribution in [0.25, 0.3) is 0 Å². The Morgan fingerprint density at radius 3 is 2.58 bits per heavy atom. The molecule has 0 radical (unpaired) electrons. The molecule has 0 atom stereocenters. The van der Waals surface area contributed by atoms with Gasteiger partial charge in [0.1, 0.15) is 6.29 Å². The van der Waals surface area contributed by atoms with Gasteiger partial charge in [-0.1, -0.05) is 0 Å². The minimum atomic E-state index is 0.532. The van der Waals surface area contributed by atoms with Crippen LogP contribution in [0, 0.1) is 0 Å². The largest absolute Gasteiger partial charge is 0.399 e. The standard InChI is InChI=1S/C9H12N2O/c10-8-2-4-9(5-3-8)11-6-1-7-12/h2-5,7,11H,1,6,10H2. The summed E-state index contributed by atoms with van der Waals surface area (Å²) in [6.45, 7) is 0.674. The third-order valence-corrected chi connectivity index (χ3v) is 1.50. The first kappa shape index (κ1) is 8.59. The van der Waals surface area contributed by atoms with Crippen LogP contribution in [-0.2, 0) is 4.79 Å². The van der Waals surface area contributed by atoms with E-state index >= 15 is 0 Å². The number of anilines is 2. The maximum absolute atomic E-state index is 9.99. The average molecular weight is 164 g/mol. The van der Waals surface area contributed by atoms with Crippen LogP contribution in [0.1, 0.15) is 6.42 Å². The zero-order chi connectivity index (χ0) is 8.81. The first-order valence-corrected chi connectivity index (χ1v) is 3.86. The number of carbonyl (C=O) groups is 1. The van der Waals surface area contributed by atoms with Gasteiger partial charge in [-0.05, 0) is 24.3 Å². The molecule has 0 spiro atoms. The summed E-state index contributed by atoms with van der Waals surface area (Å²) < 4.78 is 0. The minimum Gasteiger partial charge on any atom is -0.399 e. The summed E-state index contributed by atoms with van der Waals surface area (Å²) in [5.41, 5.74) is 7.24. The van der Waals surface area contributed by atoms with Crippen LogP contribution in [0.4, 0.5) is 11.4 Å². The van der Waals surface area contributed by atoms with Gasteiger partial charge in [-0.25, -0.2) is 0 Å². The van der Waals surface area contributed by atoms with Crippen LogP contribution < -0.4 is 11.1 Å². The molecule has 0 saturated heterocycles. The first-order chi connectivity index (χ1) is 5.83. The van der Waals surface area contributed by atoms with E-state index < -0.39 is 0 Å². The van der Waals surface area contributed by atoms with E-state index in [9.17, 15) is 4.79 Å². The minimum absolute atomic E-state index is 0.532. The summed E-state index contributed by atoms with van der Waals surface area (Å²) >= 11 is 0.